The summed E-state index contributed by atoms with van der Waals surface area (Å²) >= 11 is 0. The third kappa shape index (κ3) is 8.25. The van der Waals surface area contributed by atoms with E-state index in [1.807, 2.05) is 0 Å². The van der Waals surface area contributed by atoms with Gasteiger partial charge in [-0.1, -0.05) is 12.8 Å². The number of likely N-dealkylation sites (tertiary alicyclic amines) is 1. The molecule has 3 N–H and O–H groups in total. The maximum absolute atomic E-state index is 11.2. The van der Waals surface area contributed by atoms with E-state index >= 15 is 0 Å². The topological polar surface area (TPSA) is 87.8 Å². The van der Waals surface area contributed by atoms with Crippen LogP contribution in [0.2, 0.25) is 0 Å². The van der Waals surface area contributed by atoms with Crippen molar-refractivity contribution in [1.82, 2.24) is 9.62 Å². The first kappa shape index (κ1) is 19.9. The molecule has 6 nitrogen and oxygen atoms in total. The van der Waals surface area contributed by atoms with Gasteiger partial charge in [-0.25, -0.2) is 13.1 Å². The Morgan fingerprint density at radius 1 is 1.25 bits per heavy atom. The Labute approximate surface area is 139 Å². The standard InChI is InChI=1S/C12H26N4O2S.HI/c1-2-19(17,18)15-9-7-8-14-12(13)16-10-5-3-4-6-11-16;/h15H,2-11H2,1H3,(H2,13,14);1H. The molecule has 0 spiro atoms. The zero-order valence-electron chi connectivity index (χ0n) is 12.2. The van der Waals surface area contributed by atoms with Gasteiger partial charge in [0, 0.05) is 26.2 Å². The van der Waals surface area contributed by atoms with Gasteiger partial charge in [-0.2, -0.15) is 0 Å². The summed E-state index contributed by atoms with van der Waals surface area (Å²) in [4.78, 5) is 6.45. The average molecular weight is 418 g/mol. The molecule has 0 aromatic rings. The summed E-state index contributed by atoms with van der Waals surface area (Å²) in [6.45, 7) is 4.58. The van der Waals surface area contributed by atoms with Gasteiger partial charge in [0.2, 0.25) is 10.0 Å². The van der Waals surface area contributed by atoms with E-state index in [1.54, 1.807) is 6.92 Å². The van der Waals surface area contributed by atoms with E-state index in [0.29, 0.717) is 25.5 Å². The van der Waals surface area contributed by atoms with Gasteiger partial charge in [-0.3, -0.25) is 4.99 Å². The third-order valence-electron chi connectivity index (χ3n) is 3.24. The molecule has 1 heterocycles. The van der Waals surface area contributed by atoms with Crippen LogP contribution in [0.15, 0.2) is 4.99 Å². The predicted molar refractivity (Wildman–Crippen MR) is 94.0 cm³/mol. The molecule has 0 aliphatic carbocycles. The molecule has 1 saturated heterocycles. The maximum atomic E-state index is 11.2. The molecule has 20 heavy (non-hydrogen) atoms. The van der Waals surface area contributed by atoms with Crippen molar-refractivity contribution in [3.8, 4) is 0 Å². The van der Waals surface area contributed by atoms with Crippen molar-refractivity contribution in [2.75, 3.05) is 31.9 Å². The van der Waals surface area contributed by atoms with Crippen LogP contribution in [0.3, 0.4) is 0 Å². The van der Waals surface area contributed by atoms with E-state index in [0.717, 1.165) is 13.1 Å². The van der Waals surface area contributed by atoms with Crippen LogP contribution in [0.1, 0.15) is 39.0 Å². The van der Waals surface area contributed by atoms with Gasteiger partial charge in [-0.05, 0) is 26.2 Å². The third-order valence-corrected chi connectivity index (χ3v) is 4.64. The van der Waals surface area contributed by atoms with Gasteiger partial charge in [0.15, 0.2) is 5.96 Å². The van der Waals surface area contributed by atoms with Crippen molar-refractivity contribution in [3.63, 3.8) is 0 Å². The fourth-order valence-electron chi connectivity index (χ4n) is 2.00. The first-order valence-corrected chi connectivity index (χ1v) is 8.72. The van der Waals surface area contributed by atoms with E-state index in [2.05, 4.69) is 14.6 Å². The van der Waals surface area contributed by atoms with Crippen molar-refractivity contribution in [1.29, 1.82) is 0 Å². The van der Waals surface area contributed by atoms with Crippen molar-refractivity contribution in [2.45, 2.75) is 39.0 Å². The number of hydrogen-bond acceptors (Lipinski definition) is 3. The monoisotopic (exact) mass is 418 g/mol. The zero-order chi connectivity index (χ0) is 14.1. The molecule has 1 rings (SSSR count). The van der Waals surface area contributed by atoms with Crippen LogP contribution >= 0.6 is 24.0 Å². The largest absolute Gasteiger partial charge is 0.370 e. The fourth-order valence-corrected chi connectivity index (χ4v) is 2.66. The number of nitrogens with zero attached hydrogens (tertiary/aromatic N) is 2. The molecule has 0 amide bonds. The number of rotatable bonds is 6. The molecular weight excluding hydrogens is 391 g/mol. The lowest BCUT2D eigenvalue weighted by Crippen LogP contribution is -2.38. The summed E-state index contributed by atoms with van der Waals surface area (Å²) in [5.41, 5.74) is 5.95. The molecule has 0 saturated carbocycles. The van der Waals surface area contributed by atoms with E-state index in [-0.39, 0.29) is 29.7 Å². The Kier molecular flexibility index (Phi) is 10.6. The molecule has 1 aliphatic heterocycles. The highest BCUT2D eigenvalue weighted by molar-refractivity contribution is 14.0. The molecule has 120 valence electrons. The van der Waals surface area contributed by atoms with Crippen LogP contribution in [-0.4, -0.2) is 51.2 Å². The minimum Gasteiger partial charge on any atom is -0.370 e. The summed E-state index contributed by atoms with van der Waals surface area (Å²) in [7, 11) is -3.09. The number of hydrogen-bond donors (Lipinski definition) is 2. The summed E-state index contributed by atoms with van der Waals surface area (Å²) in [5, 5.41) is 0. The molecule has 1 fully saturated rings. The maximum Gasteiger partial charge on any atom is 0.211 e. The fraction of sp³-hybridized carbons (Fsp3) is 0.917. The highest BCUT2D eigenvalue weighted by Crippen LogP contribution is 2.08. The van der Waals surface area contributed by atoms with Crippen LogP contribution in [-0.2, 0) is 10.0 Å². The van der Waals surface area contributed by atoms with E-state index in [9.17, 15) is 8.42 Å². The van der Waals surface area contributed by atoms with Gasteiger partial charge < -0.3 is 10.6 Å². The Balaban J connectivity index is 0.00000361. The van der Waals surface area contributed by atoms with Gasteiger partial charge in [0.25, 0.3) is 0 Å². The van der Waals surface area contributed by atoms with E-state index in [1.165, 1.54) is 25.7 Å². The first-order chi connectivity index (χ1) is 9.05. The average Bonchev–Trinajstić information content (AvgIpc) is 2.67. The van der Waals surface area contributed by atoms with Crippen LogP contribution in [0.4, 0.5) is 0 Å². The second-order valence-electron chi connectivity index (χ2n) is 4.79. The van der Waals surface area contributed by atoms with Crippen LogP contribution in [0, 0.1) is 0 Å². The molecule has 0 bridgehead atoms. The number of aliphatic imine (C=N–C) groups is 1. The summed E-state index contributed by atoms with van der Waals surface area (Å²) in [6.07, 6.45) is 5.55. The summed E-state index contributed by atoms with van der Waals surface area (Å²) in [6, 6.07) is 0. The molecule has 0 aromatic carbocycles. The van der Waals surface area contributed by atoms with Crippen LogP contribution in [0.25, 0.3) is 0 Å². The van der Waals surface area contributed by atoms with E-state index < -0.39 is 10.0 Å². The van der Waals surface area contributed by atoms with Gasteiger partial charge in [-0.15, -0.1) is 24.0 Å². The van der Waals surface area contributed by atoms with Crippen LogP contribution < -0.4 is 10.5 Å². The number of sulfonamides is 1. The van der Waals surface area contributed by atoms with Crippen molar-refractivity contribution < 1.29 is 8.42 Å². The molecule has 0 radical (unpaired) electrons. The number of halogens is 1. The first-order valence-electron chi connectivity index (χ1n) is 7.07. The predicted octanol–water partition coefficient (Wildman–Crippen LogP) is 1.12. The lowest BCUT2D eigenvalue weighted by atomic mass is 10.2. The highest BCUT2D eigenvalue weighted by atomic mass is 127. The lowest BCUT2D eigenvalue weighted by Gasteiger charge is -2.21. The second kappa shape index (κ2) is 10.6. The Bertz CT molecular complexity index is 379. The molecule has 0 atom stereocenters. The van der Waals surface area contributed by atoms with Crippen LogP contribution in [0.5, 0.6) is 0 Å². The normalized spacial score (nSPS) is 17.4. The summed E-state index contributed by atoms with van der Waals surface area (Å²) < 4.78 is 24.9. The minimum absolute atomic E-state index is 0. The number of nitrogens with two attached hydrogens (primary N) is 1. The Morgan fingerprint density at radius 3 is 2.40 bits per heavy atom. The smallest absolute Gasteiger partial charge is 0.211 e. The van der Waals surface area contributed by atoms with Crippen molar-refractivity contribution in [3.05, 3.63) is 0 Å². The second-order valence-corrected chi connectivity index (χ2v) is 6.89. The molecule has 1 aliphatic rings. The SMILES string of the molecule is CCS(=O)(=O)NCCCN=C(N)N1CCCCCC1.I. The zero-order valence-corrected chi connectivity index (χ0v) is 15.3. The Hall–Kier alpha value is -0.0900. The van der Waals surface area contributed by atoms with E-state index in [4.69, 9.17) is 5.73 Å². The molecular formula is C12H27IN4O2S. The molecule has 8 heteroatoms. The quantitative estimate of drug-likeness (QED) is 0.293. The van der Waals surface area contributed by atoms with Crippen molar-refractivity contribution >= 4 is 40.0 Å². The summed E-state index contributed by atoms with van der Waals surface area (Å²) in [5.74, 6) is 0.715. The lowest BCUT2D eigenvalue weighted by molar-refractivity contribution is 0.428. The van der Waals surface area contributed by atoms with Gasteiger partial charge >= 0.3 is 0 Å². The Morgan fingerprint density at radius 2 is 1.85 bits per heavy atom. The number of guanidine groups is 1. The minimum atomic E-state index is -3.09. The van der Waals surface area contributed by atoms with Gasteiger partial charge in [0.1, 0.15) is 0 Å². The van der Waals surface area contributed by atoms with Crippen molar-refractivity contribution in [2.24, 2.45) is 10.7 Å². The highest BCUT2D eigenvalue weighted by Gasteiger charge is 2.10. The van der Waals surface area contributed by atoms with Gasteiger partial charge in [0.05, 0.1) is 5.75 Å². The molecule has 0 aromatic heterocycles. The molecule has 0 unspecified atom stereocenters. The number of nitrogens with one attached hydrogen (secondary N) is 1.